The fourth-order valence-corrected chi connectivity index (χ4v) is 2.21. The zero-order valence-corrected chi connectivity index (χ0v) is 10.2. The predicted molar refractivity (Wildman–Crippen MR) is 63.9 cm³/mol. The van der Waals surface area contributed by atoms with E-state index in [2.05, 4.69) is 9.98 Å². The Hall–Kier alpha value is -1.29. The minimum absolute atomic E-state index is 0.0288. The van der Waals surface area contributed by atoms with Crippen molar-refractivity contribution in [1.82, 2.24) is 0 Å². The molecule has 0 radical (unpaired) electrons. The van der Waals surface area contributed by atoms with Gasteiger partial charge in [-0.3, -0.25) is 4.99 Å². The van der Waals surface area contributed by atoms with Crippen molar-refractivity contribution in [2.75, 3.05) is 14.2 Å². The van der Waals surface area contributed by atoms with Crippen LogP contribution in [0.5, 0.6) is 0 Å². The van der Waals surface area contributed by atoms with Gasteiger partial charge >= 0.3 is 0 Å². The van der Waals surface area contributed by atoms with Crippen LogP contribution in [0.2, 0.25) is 0 Å². The first-order chi connectivity index (χ1) is 7.69. The minimum Gasteiger partial charge on any atom is -0.497 e. The van der Waals surface area contributed by atoms with E-state index in [4.69, 9.17) is 21.1 Å². The lowest BCUT2D eigenvalue weighted by molar-refractivity contribution is 0.190. The summed E-state index contributed by atoms with van der Waals surface area (Å²) in [6, 6.07) is -0.0288. The number of aliphatic imine (C=N–C) groups is 2. The van der Waals surface area contributed by atoms with E-state index in [-0.39, 0.29) is 12.0 Å². The summed E-state index contributed by atoms with van der Waals surface area (Å²) in [5, 5.41) is 0.469. The fraction of sp³-hybridized carbons (Fsp3) is 0.455. The Morgan fingerprint density at radius 3 is 2.69 bits per heavy atom. The Balaban J connectivity index is 2.49. The van der Waals surface area contributed by atoms with Crippen molar-refractivity contribution in [1.29, 1.82) is 0 Å². The Morgan fingerprint density at radius 1 is 1.31 bits per heavy atom. The van der Waals surface area contributed by atoms with E-state index >= 15 is 0 Å². The van der Waals surface area contributed by atoms with Crippen LogP contribution in [0.1, 0.15) is 6.92 Å². The molecule has 0 aromatic rings. The van der Waals surface area contributed by atoms with Gasteiger partial charge in [-0.15, -0.1) is 0 Å². The van der Waals surface area contributed by atoms with Gasteiger partial charge in [0, 0.05) is 11.5 Å². The highest BCUT2D eigenvalue weighted by atomic mass is 35.5. The van der Waals surface area contributed by atoms with Crippen molar-refractivity contribution < 1.29 is 9.47 Å². The molecule has 2 atom stereocenters. The summed E-state index contributed by atoms with van der Waals surface area (Å²) in [4.78, 5) is 8.29. The maximum absolute atomic E-state index is 6.04. The first-order valence-electron chi connectivity index (χ1n) is 4.98. The van der Waals surface area contributed by atoms with Gasteiger partial charge in [0.1, 0.15) is 17.3 Å². The summed E-state index contributed by atoms with van der Waals surface area (Å²) in [5.74, 6) is 1.58. The smallest absolute Gasteiger partial charge is 0.157 e. The molecular formula is C11H13ClN2O2. The van der Waals surface area contributed by atoms with Gasteiger partial charge in [0.05, 0.1) is 20.3 Å². The highest BCUT2D eigenvalue weighted by molar-refractivity contribution is 6.70. The van der Waals surface area contributed by atoms with E-state index in [1.165, 1.54) is 6.34 Å². The summed E-state index contributed by atoms with van der Waals surface area (Å²) in [5.41, 5.74) is 0.884. The van der Waals surface area contributed by atoms with Gasteiger partial charge in [-0.25, -0.2) is 4.99 Å². The van der Waals surface area contributed by atoms with E-state index in [1.54, 1.807) is 14.2 Å². The first kappa shape index (κ1) is 11.2. The third-order valence-corrected chi connectivity index (χ3v) is 3.13. The second kappa shape index (κ2) is 4.29. The number of rotatable bonds is 2. The average Bonchev–Trinajstić information content (AvgIpc) is 2.30. The second-order valence-electron chi connectivity index (χ2n) is 3.65. The molecule has 16 heavy (non-hydrogen) atoms. The molecule has 2 aliphatic rings. The van der Waals surface area contributed by atoms with Crippen LogP contribution in [-0.2, 0) is 9.47 Å². The van der Waals surface area contributed by atoms with Crippen LogP contribution in [0.15, 0.2) is 33.2 Å². The van der Waals surface area contributed by atoms with Crippen molar-refractivity contribution in [3.05, 3.63) is 23.2 Å². The average molecular weight is 241 g/mol. The van der Waals surface area contributed by atoms with Gasteiger partial charge in [0.25, 0.3) is 0 Å². The fourth-order valence-electron chi connectivity index (χ4n) is 2.00. The number of allylic oxidation sites excluding steroid dienone is 1. The van der Waals surface area contributed by atoms with Gasteiger partial charge in [-0.2, -0.15) is 0 Å². The summed E-state index contributed by atoms with van der Waals surface area (Å²) in [6.07, 6.45) is 3.33. The van der Waals surface area contributed by atoms with Crippen LogP contribution < -0.4 is 0 Å². The molecule has 2 rings (SSSR count). The highest BCUT2D eigenvalue weighted by Crippen LogP contribution is 2.34. The van der Waals surface area contributed by atoms with Crippen LogP contribution in [0.4, 0.5) is 0 Å². The summed E-state index contributed by atoms with van der Waals surface area (Å²) < 4.78 is 10.6. The van der Waals surface area contributed by atoms with E-state index in [0.717, 1.165) is 11.3 Å². The number of fused-ring (bicyclic) bond motifs is 1. The Kier molecular flexibility index (Phi) is 3.01. The zero-order chi connectivity index (χ0) is 11.7. The maximum atomic E-state index is 6.04. The normalized spacial score (nSPS) is 28.2. The number of halogens is 1. The third-order valence-electron chi connectivity index (χ3n) is 2.81. The number of hydrogen-bond acceptors (Lipinski definition) is 4. The number of hydrogen-bond donors (Lipinski definition) is 0. The quantitative estimate of drug-likeness (QED) is 0.742. The zero-order valence-electron chi connectivity index (χ0n) is 9.40. The largest absolute Gasteiger partial charge is 0.497 e. The van der Waals surface area contributed by atoms with Gasteiger partial charge in [0.2, 0.25) is 0 Å². The molecule has 0 saturated carbocycles. The van der Waals surface area contributed by atoms with Gasteiger partial charge in [-0.1, -0.05) is 18.5 Å². The third kappa shape index (κ3) is 1.63. The monoisotopic (exact) mass is 240 g/mol. The van der Waals surface area contributed by atoms with Gasteiger partial charge in [-0.05, 0) is 6.08 Å². The molecule has 0 saturated heterocycles. The molecule has 0 spiro atoms. The molecule has 1 aliphatic heterocycles. The topological polar surface area (TPSA) is 43.2 Å². The maximum Gasteiger partial charge on any atom is 0.157 e. The van der Waals surface area contributed by atoms with Crippen LogP contribution in [-0.4, -0.2) is 31.8 Å². The lowest BCUT2D eigenvalue weighted by atomic mass is 9.87. The van der Waals surface area contributed by atoms with E-state index < -0.39 is 0 Å². The van der Waals surface area contributed by atoms with Crippen LogP contribution >= 0.6 is 11.6 Å². The molecule has 0 fully saturated rings. The van der Waals surface area contributed by atoms with Crippen molar-refractivity contribution in [2.45, 2.75) is 13.0 Å². The molecule has 0 aromatic carbocycles. The molecule has 2 unspecified atom stereocenters. The minimum atomic E-state index is -0.0288. The summed E-state index contributed by atoms with van der Waals surface area (Å²) in [7, 11) is 3.24. The van der Waals surface area contributed by atoms with Crippen molar-refractivity contribution >= 4 is 23.1 Å². The highest BCUT2D eigenvalue weighted by Gasteiger charge is 2.34. The Morgan fingerprint density at radius 2 is 2.06 bits per heavy atom. The first-order valence-corrected chi connectivity index (χ1v) is 5.36. The molecular weight excluding hydrogens is 228 g/mol. The second-order valence-corrected chi connectivity index (χ2v) is 4.01. The molecule has 0 N–H and O–H groups in total. The van der Waals surface area contributed by atoms with E-state index in [9.17, 15) is 0 Å². The molecule has 5 heteroatoms. The molecule has 0 amide bonds. The SMILES string of the molecule is COC1=C(OC)C(C)C2N=CN=C(Cl)C2=C1. The molecule has 1 aliphatic carbocycles. The Bertz CT molecular complexity index is 424. The lowest BCUT2D eigenvalue weighted by Crippen LogP contribution is -2.30. The van der Waals surface area contributed by atoms with Crippen molar-refractivity contribution in [3.63, 3.8) is 0 Å². The van der Waals surface area contributed by atoms with E-state index in [1.807, 2.05) is 13.0 Å². The van der Waals surface area contributed by atoms with Crippen LogP contribution in [0, 0.1) is 5.92 Å². The lowest BCUT2D eigenvalue weighted by Gasteiger charge is -2.30. The summed E-state index contributed by atoms with van der Waals surface area (Å²) in [6.45, 7) is 2.03. The Labute approximate surface area is 99.3 Å². The number of ether oxygens (including phenoxy) is 2. The van der Waals surface area contributed by atoms with Crippen molar-refractivity contribution in [2.24, 2.45) is 15.9 Å². The molecule has 4 nitrogen and oxygen atoms in total. The standard InChI is InChI=1S/C11H13ClN2O2/c1-6-9-7(11(12)14-5-13-9)4-8(15-2)10(6)16-3/h4-6,9H,1-3H3. The van der Waals surface area contributed by atoms with Gasteiger partial charge < -0.3 is 9.47 Å². The van der Waals surface area contributed by atoms with E-state index in [0.29, 0.717) is 10.9 Å². The van der Waals surface area contributed by atoms with Crippen LogP contribution in [0.3, 0.4) is 0 Å². The summed E-state index contributed by atoms with van der Waals surface area (Å²) >= 11 is 6.04. The molecule has 1 heterocycles. The predicted octanol–water partition coefficient (Wildman–Crippen LogP) is 2.11. The molecule has 0 aromatic heterocycles. The number of nitrogens with zero attached hydrogens (tertiary/aromatic N) is 2. The van der Waals surface area contributed by atoms with Gasteiger partial charge in [0.15, 0.2) is 5.76 Å². The van der Waals surface area contributed by atoms with Crippen LogP contribution in [0.25, 0.3) is 0 Å². The number of methoxy groups -OCH3 is 2. The van der Waals surface area contributed by atoms with Crippen molar-refractivity contribution in [3.8, 4) is 0 Å². The molecule has 0 bridgehead atoms. The molecule has 86 valence electrons.